The van der Waals surface area contributed by atoms with Crippen molar-refractivity contribution in [2.24, 2.45) is 5.73 Å². The molecule has 5 nitrogen and oxygen atoms in total. The van der Waals surface area contributed by atoms with Crippen molar-refractivity contribution in [1.82, 2.24) is 10.2 Å². The number of hydrogen-bond acceptors (Lipinski definition) is 3. The van der Waals surface area contributed by atoms with E-state index in [9.17, 15) is 9.59 Å². The lowest BCUT2D eigenvalue weighted by Gasteiger charge is -2.23. The zero-order valence-electron chi connectivity index (χ0n) is 13.3. The van der Waals surface area contributed by atoms with Gasteiger partial charge in [-0.2, -0.15) is 0 Å². The molecule has 3 N–H and O–H groups in total. The van der Waals surface area contributed by atoms with Crippen LogP contribution in [0.5, 0.6) is 0 Å². The van der Waals surface area contributed by atoms with Gasteiger partial charge in [-0.05, 0) is 20.0 Å². The maximum atomic E-state index is 11.9. The third-order valence-corrected chi connectivity index (χ3v) is 3.39. The van der Waals surface area contributed by atoms with E-state index in [1.54, 1.807) is 0 Å². The first kappa shape index (κ1) is 18.9. The number of nitrogens with zero attached hydrogens (tertiary/aromatic N) is 1. The molecule has 0 rings (SSSR count). The summed E-state index contributed by atoms with van der Waals surface area (Å²) >= 11 is 0. The van der Waals surface area contributed by atoms with Crippen LogP contribution < -0.4 is 11.1 Å². The van der Waals surface area contributed by atoms with Crippen LogP contribution in [-0.4, -0.2) is 42.9 Å². The summed E-state index contributed by atoms with van der Waals surface area (Å²) in [5.74, 6) is -0.347. The van der Waals surface area contributed by atoms with Crippen molar-refractivity contribution in [3.8, 4) is 0 Å². The maximum Gasteiger partial charge on any atom is 0.220 e. The molecule has 0 heterocycles. The first-order valence-corrected chi connectivity index (χ1v) is 7.75. The third kappa shape index (κ3) is 10.8. The van der Waals surface area contributed by atoms with Crippen LogP contribution in [0.25, 0.3) is 0 Å². The molecule has 0 radical (unpaired) electrons. The molecular formula is C15H31N3O2. The van der Waals surface area contributed by atoms with E-state index < -0.39 is 0 Å². The van der Waals surface area contributed by atoms with Crippen LogP contribution in [0.2, 0.25) is 0 Å². The van der Waals surface area contributed by atoms with Crippen LogP contribution in [0.4, 0.5) is 0 Å². The van der Waals surface area contributed by atoms with Crippen LogP contribution in [0.15, 0.2) is 0 Å². The lowest BCUT2D eigenvalue weighted by molar-refractivity contribution is -0.122. The molecule has 0 aliphatic rings. The van der Waals surface area contributed by atoms with Gasteiger partial charge < -0.3 is 16.0 Å². The van der Waals surface area contributed by atoms with Gasteiger partial charge in [0.25, 0.3) is 0 Å². The quantitative estimate of drug-likeness (QED) is 0.535. The molecule has 20 heavy (non-hydrogen) atoms. The molecule has 2 amide bonds. The predicted octanol–water partition coefficient (Wildman–Crippen LogP) is 1.66. The van der Waals surface area contributed by atoms with E-state index in [0.29, 0.717) is 13.0 Å². The van der Waals surface area contributed by atoms with Crippen molar-refractivity contribution in [3.63, 3.8) is 0 Å². The lowest BCUT2D eigenvalue weighted by atomic mass is 10.1. The smallest absolute Gasteiger partial charge is 0.220 e. The Bertz CT molecular complexity index is 282. The zero-order chi connectivity index (χ0) is 15.4. The fraction of sp³-hybridized carbons (Fsp3) is 0.867. The highest BCUT2D eigenvalue weighted by atomic mass is 16.2. The monoisotopic (exact) mass is 285 g/mol. The molecule has 0 fully saturated rings. The van der Waals surface area contributed by atoms with Gasteiger partial charge in [0, 0.05) is 19.4 Å². The van der Waals surface area contributed by atoms with E-state index in [-0.39, 0.29) is 24.3 Å². The first-order chi connectivity index (χ1) is 9.49. The number of amides is 2. The summed E-state index contributed by atoms with van der Waals surface area (Å²) in [6.07, 6.45) is 6.37. The minimum atomic E-state index is -0.372. The largest absolute Gasteiger partial charge is 0.370 e. The Morgan fingerprint density at radius 2 is 1.80 bits per heavy atom. The van der Waals surface area contributed by atoms with Crippen LogP contribution in [-0.2, 0) is 9.59 Å². The number of nitrogens with two attached hydrogens (primary N) is 1. The van der Waals surface area contributed by atoms with E-state index in [2.05, 4.69) is 17.1 Å². The predicted molar refractivity (Wildman–Crippen MR) is 82.3 cm³/mol. The van der Waals surface area contributed by atoms with Crippen LogP contribution >= 0.6 is 0 Å². The van der Waals surface area contributed by atoms with E-state index >= 15 is 0 Å². The summed E-state index contributed by atoms with van der Waals surface area (Å²) in [6.45, 7) is 5.74. The molecule has 5 heteroatoms. The molecule has 0 saturated heterocycles. The standard InChI is InChI=1S/C15H31N3O2/c1-4-6-7-8-9-10-15(20)17-13(11-14(16)19)12-18(3)5-2/h13H,4-12H2,1-3H3,(H2,16,19)(H,17,20)/t13-/m1/s1. The number of likely N-dealkylation sites (N-methyl/N-ethyl adjacent to an activating group) is 1. The van der Waals surface area contributed by atoms with E-state index in [0.717, 1.165) is 19.4 Å². The molecule has 0 aromatic heterocycles. The fourth-order valence-corrected chi connectivity index (χ4v) is 2.10. The van der Waals surface area contributed by atoms with Gasteiger partial charge in [0.15, 0.2) is 0 Å². The number of unbranched alkanes of at least 4 members (excludes halogenated alkanes) is 4. The van der Waals surface area contributed by atoms with Crippen molar-refractivity contribution in [1.29, 1.82) is 0 Å². The average Bonchev–Trinajstić information content (AvgIpc) is 2.37. The first-order valence-electron chi connectivity index (χ1n) is 7.75. The summed E-state index contributed by atoms with van der Waals surface area (Å²) in [5, 5.41) is 2.92. The highest BCUT2D eigenvalue weighted by molar-refractivity contribution is 5.78. The van der Waals surface area contributed by atoms with E-state index in [1.807, 2.05) is 14.0 Å². The Labute approximate surface area is 123 Å². The highest BCUT2D eigenvalue weighted by Crippen LogP contribution is 2.05. The van der Waals surface area contributed by atoms with Crippen molar-refractivity contribution in [3.05, 3.63) is 0 Å². The second-order valence-corrected chi connectivity index (χ2v) is 5.45. The second-order valence-electron chi connectivity index (χ2n) is 5.45. The van der Waals surface area contributed by atoms with Crippen molar-refractivity contribution >= 4 is 11.8 Å². The molecule has 0 saturated carbocycles. The SMILES string of the molecule is CCCCCCCC(=O)N[C@H](CC(N)=O)CN(C)CC. The number of rotatable bonds is 12. The number of carbonyl (C=O) groups excluding carboxylic acids is 2. The molecule has 0 spiro atoms. The average molecular weight is 285 g/mol. The van der Waals surface area contributed by atoms with Gasteiger partial charge in [0.2, 0.25) is 11.8 Å². The second kappa shape index (κ2) is 11.7. The molecule has 0 aromatic carbocycles. The van der Waals surface area contributed by atoms with Crippen LogP contribution in [0, 0.1) is 0 Å². The molecule has 0 unspecified atom stereocenters. The Morgan fingerprint density at radius 3 is 2.35 bits per heavy atom. The number of primary amides is 1. The van der Waals surface area contributed by atoms with Gasteiger partial charge in [-0.25, -0.2) is 0 Å². The van der Waals surface area contributed by atoms with Crippen molar-refractivity contribution < 1.29 is 9.59 Å². The molecule has 118 valence electrons. The normalized spacial score (nSPS) is 12.4. The van der Waals surface area contributed by atoms with Crippen LogP contribution in [0.1, 0.15) is 58.8 Å². The highest BCUT2D eigenvalue weighted by Gasteiger charge is 2.16. The minimum absolute atomic E-state index is 0.0252. The molecule has 0 aliphatic carbocycles. The maximum absolute atomic E-state index is 11.9. The van der Waals surface area contributed by atoms with Crippen LogP contribution in [0.3, 0.4) is 0 Å². The zero-order valence-corrected chi connectivity index (χ0v) is 13.3. The number of carbonyl (C=O) groups is 2. The topological polar surface area (TPSA) is 75.4 Å². The number of nitrogens with one attached hydrogen (secondary N) is 1. The van der Waals surface area contributed by atoms with Gasteiger partial charge in [-0.15, -0.1) is 0 Å². The van der Waals surface area contributed by atoms with E-state index in [4.69, 9.17) is 5.73 Å². The van der Waals surface area contributed by atoms with Gasteiger partial charge in [0.1, 0.15) is 0 Å². The summed E-state index contributed by atoms with van der Waals surface area (Å²) in [5.41, 5.74) is 5.23. The Morgan fingerprint density at radius 1 is 1.15 bits per heavy atom. The fourth-order valence-electron chi connectivity index (χ4n) is 2.10. The van der Waals surface area contributed by atoms with Gasteiger partial charge in [-0.3, -0.25) is 9.59 Å². The summed E-state index contributed by atoms with van der Waals surface area (Å²) in [6, 6.07) is -0.180. The Balaban J connectivity index is 4.01. The summed E-state index contributed by atoms with van der Waals surface area (Å²) in [7, 11) is 1.96. The molecular weight excluding hydrogens is 254 g/mol. The van der Waals surface area contributed by atoms with Gasteiger partial charge >= 0.3 is 0 Å². The molecule has 0 bridgehead atoms. The Kier molecular flexibility index (Phi) is 11.1. The molecule has 0 aromatic rings. The van der Waals surface area contributed by atoms with Crippen molar-refractivity contribution in [2.45, 2.75) is 64.8 Å². The third-order valence-electron chi connectivity index (χ3n) is 3.39. The molecule has 1 atom stereocenters. The number of hydrogen-bond donors (Lipinski definition) is 2. The van der Waals surface area contributed by atoms with Gasteiger partial charge in [0.05, 0.1) is 6.04 Å². The lowest BCUT2D eigenvalue weighted by Crippen LogP contribution is -2.44. The molecule has 0 aliphatic heterocycles. The van der Waals surface area contributed by atoms with Gasteiger partial charge in [-0.1, -0.05) is 39.5 Å². The Hall–Kier alpha value is -1.10. The summed E-state index contributed by atoms with van der Waals surface area (Å²) < 4.78 is 0. The summed E-state index contributed by atoms with van der Waals surface area (Å²) in [4.78, 5) is 25.0. The van der Waals surface area contributed by atoms with Crippen molar-refractivity contribution in [2.75, 3.05) is 20.1 Å². The van der Waals surface area contributed by atoms with E-state index in [1.165, 1.54) is 19.3 Å². The minimum Gasteiger partial charge on any atom is -0.370 e.